The predicted molar refractivity (Wildman–Crippen MR) is 69.3 cm³/mol. The molecule has 3 heteroatoms. The van der Waals surface area contributed by atoms with E-state index in [4.69, 9.17) is 16.3 Å². The molecule has 0 aliphatic heterocycles. The predicted octanol–water partition coefficient (Wildman–Crippen LogP) is 3.50. The number of halogens is 1. The molecule has 0 aliphatic carbocycles. The zero-order chi connectivity index (χ0) is 11.8. The highest BCUT2D eigenvalue weighted by atomic mass is 35.5. The molecule has 90 valence electrons. The first-order valence-electron chi connectivity index (χ1n) is 5.80. The molecule has 1 aromatic rings. The lowest BCUT2D eigenvalue weighted by molar-refractivity contribution is 0.305. The molecule has 2 nitrogen and oxygen atoms in total. The van der Waals surface area contributed by atoms with Crippen LogP contribution in [0.5, 0.6) is 5.75 Å². The lowest BCUT2D eigenvalue weighted by atomic mass is 10.3. The fraction of sp³-hybridized carbons (Fsp3) is 0.538. The molecular formula is C13H20ClNO. The van der Waals surface area contributed by atoms with E-state index >= 15 is 0 Å². The molecule has 16 heavy (non-hydrogen) atoms. The summed E-state index contributed by atoms with van der Waals surface area (Å²) < 4.78 is 5.58. The molecule has 0 saturated heterocycles. The third-order valence-corrected chi connectivity index (χ3v) is 2.42. The maximum absolute atomic E-state index is 5.85. The fourth-order valence-electron chi connectivity index (χ4n) is 1.36. The highest BCUT2D eigenvalue weighted by Gasteiger charge is 1.95. The minimum Gasteiger partial charge on any atom is -0.494 e. The van der Waals surface area contributed by atoms with Crippen LogP contribution >= 0.6 is 11.6 Å². The van der Waals surface area contributed by atoms with Crippen LogP contribution in [0.4, 0.5) is 0 Å². The van der Waals surface area contributed by atoms with E-state index in [1.54, 1.807) is 0 Å². The first kappa shape index (κ1) is 13.3. The number of benzene rings is 1. The SMILES string of the molecule is CC(C)NCCCCOc1cccc(Cl)c1. The van der Waals surface area contributed by atoms with Crippen LogP contribution in [-0.4, -0.2) is 19.2 Å². The summed E-state index contributed by atoms with van der Waals surface area (Å²) in [6, 6.07) is 8.08. The van der Waals surface area contributed by atoms with E-state index in [0.717, 1.165) is 36.8 Å². The van der Waals surface area contributed by atoms with Crippen molar-refractivity contribution in [3.8, 4) is 5.75 Å². The zero-order valence-corrected chi connectivity index (χ0v) is 10.8. The van der Waals surface area contributed by atoms with E-state index in [0.29, 0.717) is 6.04 Å². The van der Waals surface area contributed by atoms with Gasteiger partial charge in [-0.05, 0) is 37.6 Å². The van der Waals surface area contributed by atoms with E-state index in [9.17, 15) is 0 Å². The number of ether oxygens (including phenoxy) is 1. The standard InChI is InChI=1S/C13H20ClNO/c1-11(2)15-8-3-4-9-16-13-7-5-6-12(14)10-13/h5-7,10-11,15H,3-4,8-9H2,1-2H3. The first-order valence-corrected chi connectivity index (χ1v) is 6.18. The van der Waals surface area contributed by atoms with Crippen molar-refractivity contribution in [2.45, 2.75) is 32.7 Å². The van der Waals surface area contributed by atoms with E-state index in [-0.39, 0.29) is 0 Å². The van der Waals surface area contributed by atoms with Gasteiger partial charge in [0.05, 0.1) is 6.61 Å². The summed E-state index contributed by atoms with van der Waals surface area (Å²) in [4.78, 5) is 0. The highest BCUT2D eigenvalue weighted by molar-refractivity contribution is 6.30. The van der Waals surface area contributed by atoms with Crippen LogP contribution < -0.4 is 10.1 Å². The molecule has 0 atom stereocenters. The molecule has 0 radical (unpaired) electrons. The van der Waals surface area contributed by atoms with Crippen LogP contribution in [0.1, 0.15) is 26.7 Å². The van der Waals surface area contributed by atoms with Gasteiger partial charge in [0.25, 0.3) is 0 Å². The van der Waals surface area contributed by atoms with Crippen molar-refractivity contribution >= 4 is 11.6 Å². The summed E-state index contributed by atoms with van der Waals surface area (Å²) in [5, 5.41) is 4.10. The van der Waals surface area contributed by atoms with Crippen molar-refractivity contribution in [3.63, 3.8) is 0 Å². The van der Waals surface area contributed by atoms with Crippen molar-refractivity contribution in [2.75, 3.05) is 13.2 Å². The molecule has 0 saturated carbocycles. The van der Waals surface area contributed by atoms with E-state index < -0.39 is 0 Å². The lowest BCUT2D eigenvalue weighted by Gasteiger charge is -2.08. The molecule has 0 spiro atoms. The second-order valence-electron chi connectivity index (χ2n) is 4.12. The molecule has 0 heterocycles. The Bertz CT molecular complexity index is 302. The average Bonchev–Trinajstić information content (AvgIpc) is 2.23. The maximum atomic E-state index is 5.85. The first-order chi connectivity index (χ1) is 7.68. The summed E-state index contributed by atoms with van der Waals surface area (Å²) in [5.41, 5.74) is 0. The minimum atomic E-state index is 0.564. The molecule has 0 bridgehead atoms. The summed E-state index contributed by atoms with van der Waals surface area (Å²) in [6.45, 7) is 6.11. The zero-order valence-electron chi connectivity index (χ0n) is 10.0. The van der Waals surface area contributed by atoms with E-state index in [1.165, 1.54) is 0 Å². The van der Waals surface area contributed by atoms with Gasteiger partial charge in [-0.15, -0.1) is 0 Å². The largest absolute Gasteiger partial charge is 0.494 e. The van der Waals surface area contributed by atoms with Crippen LogP contribution in [0.2, 0.25) is 5.02 Å². The van der Waals surface area contributed by atoms with Crippen molar-refractivity contribution in [3.05, 3.63) is 29.3 Å². The van der Waals surface area contributed by atoms with Crippen LogP contribution in [-0.2, 0) is 0 Å². The molecule has 0 aromatic heterocycles. The summed E-state index contributed by atoms with van der Waals surface area (Å²) in [5.74, 6) is 0.851. The molecule has 0 unspecified atom stereocenters. The fourth-order valence-corrected chi connectivity index (χ4v) is 1.54. The van der Waals surface area contributed by atoms with Gasteiger partial charge in [0.15, 0.2) is 0 Å². The third-order valence-electron chi connectivity index (χ3n) is 2.19. The second kappa shape index (κ2) is 7.53. The van der Waals surface area contributed by atoms with Crippen molar-refractivity contribution in [2.24, 2.45) is 0 Å². The number of hydrogen-bond donors (Lipinski definition) is 1. The van der Waals surface area contributed by atoms with E-state index in [2.05, 4.69) is 19.2 Å². The van der Waals surface area contributed by atoms with Crippen molar-refractivity contribution in [1.29, 1.82) is 0 Å². The van der Waals surface area contributed by atoms with Gasteiger partial charge >= 0.3 is 0 Å². The Morgan fingerprint density at radius 2 is 2.12 bits per heavy atom. The summed E-state index contributed by atoms with van der Waals surface area (Å²) in [6.07, 6.45) is 2.20. The molecular weight excluding hydrogens is 222 g/mol. The van der Waals surface area contributed by atoms with Gasteiger partial charge < -0.3 is 10.1 Å². The summed E-state index contributed by atoms with van der Waals surface area (Å²) >= 11 is 5.85. The summed E-state index contributed by atoms with van der Waals surface area (Å²) in [7, 11) is 0. The number of unbranched alkanes of at least 4 members (excludes halogenated alkanes) is 1. The smallest absolute Gasteiger partial charge is 0.120 e. The van der Waals surface area contributed by atoms with Gasteiger partial charge in [0.1, 0.15) is 5.75 Å². The number of nitrogens with one attached hydrogen (secondary N) is 1. The molecule has 0 aliphatic rings. The van der Waals surface area contributed by atoms with Gasteiger partial charge in [0.2, 0.25) is 0 Å². The van der Waals surface area contributed by atoms with E-state index in [1.807, 2.05) is 24.3 Å². The van der Waals surface area contributed by atoms with Gasteiger partial charge in [-0.25, -0.2) is 0 Å². The normalized spacial score (nSPS) is 10.8. The maximum Gasteiger partial charge on any atom is 0.120 e. The molecule has 1 aromatic carbocycles. The van der Waals surface area contributed by atoms with Crippen LogP contribution in [0, 0.1) is 0 Å². The van der Waals surface area contributed by atoms with Crippen molar-refractivity contribution in [1.82, 2.24) is 5.32 Å². The Balaban J connectivity index is 2.07. The quantitative estimate of drug-likeness (QED) is 0.738. The Hall–Kier alpha value is -0.730. The van der Waals surface area contributed by atoms with Gasteiger partial charge in [0, 0.05) is 11.1 Å². The topological polar surface area (TPSA) is 21.3 Å². The molecule has 1 N–H and O–H groups in total. The second-order valence-corrected chi connectivity index (χ2v) is 4.56. The van der Waals surface area contributed by atoms with Crippen LogP contribution in [0.3, 0.4) is 0 Å². The highest BCUT2D eigenvalue weighted by Crippen LogP contribution is 2.17. The number of hydrogen-bond acceptors (Lipinski definition) is 2. The lowest BCUT2D eigenvalue weighted by Crippen LogP contribution is -2.23. The van der Waals surface area contributed by atoms with Crippen LogP contribution in [0.15, 0.2) is 24.3 Å². The van der Waals surface area contributed by atoms with Gasteiger partial charge in [-0.3, -0.25) is 0 Å². The minimum absolute atomic E-state index is 0.564. The Morgan fingerprint density at radius 1 is 1.31 bits per heavy atom. The monoisotopic (exact) mass is 241 g/mol. The Morgan fingerprint density at radius 3 is 2.81 bits per heavy atom. The third kappa shape index (κ3) is 5.99. The van der Waals surface area contributed by atoms with Gasteiger partial charge in [-0.2, -0.15) is 0 Å². The molecule has 1 rings (SSSR count). The van der Waals surface area contributed by atoms with Crippen LogP contribution in [0.25, 0.3) is 0 Å². The van der Waals surface area contributed by atoms with Crippen molar-refractivity contribution < 1.29 is 4.74 Å². The molecule has 0 fully saturated rings. The molecule has 0 amide bonds. The Labute approximate surface area is 103 Å². The Kier molecular flexibility index (Phi) is 6.27. The van der Waals surface area contributed by atoms with Gasteiger partial charge in [-0.1, -0.05) is 31.5 Å². The average molecular weight is 242 g/mol. The number of rotatable bonds is 7.